The second kappa shape index (κ2) is 4.41. The molecule has 0 saturated carbocycles. The molecule has 0 bridgehead atoms. The number of hydrogen-bond acceptors (Lipinski definition) is 4. The van der Waals surface area contributed by atoms with Gasteiger partial charge in [-0.3, -0.25) is 4.57 Å². The molecule has 0 aliphatic rings. The third-order valence-electron chi connectivity index (χ3n) is 3.27. The van der Waals surface area contributed by atoms with Crippen molar-refractivity contribution in [3.05, 3.63) is 47.7 Å². The zero-order valence-corrected chi connectivity index (χ0v) is 11.0. The van der Waals surface area contributed by atoms with E-state index in [4.69, 9.17) is 5.11 Å². The second-order valence-electron chi connectivity index (χ2n) is 4.60. The summed E-state index contributed by atoms with van der Waals surface area (Å²) in [7, 11) is 0. The summed E-state index contributed by atoms with van der Waals surface area (Å²) in [4.78, 5) is 23.1. The van der Waals surface area contributed by atoms with Gasteiger partial charge in [-0.2, -0.15) is 0 Å². The molecule has 3 rings (SSSR count). The van der Waals surface area contributed by atoms with Gasteiger partial charge in [0.25, 0.3) is 0 Å². The Kier molecular flexibility index (Phi) is 2.71. The normalized spacial score (nSPS) is 10.9. The number of fused-ring (bicyclic) bond motifs is 1. The van der Waals surface area contributed by atoms with E-state index >= 15 is 0 Å². The first-order valence-electron chi connectivity index (χ1n) is 6.06. The van der Waals surface area contributed by atoms with Gasteiger partial charge >= 0.3 is 5.97 Å². The lowest BCUT2D eigenvalue weighted by Crippen LogP contribution is -2.04. The highest BCUT2D eigenvalue weighted by Gasteiger charge is 2.10. The Labute approximate surface area is 114 Å². The van der Waals surface area contributed by atoms with E-state index in [1.807, 2.05) is 26.0 Å². The summed E-state index contributed by atoms with van der Waals surface area (Å²) < 4.78 is 1.79. The van der Waals surface area contributed by atoms with Gasteiger partial charge in [-0.25, -0.2) is 19.7 Å². The van der Waals surface area contributed by atoms with Gasteiger partial charge in [-0.15, -0.1) is 0 Å². The third-order valence-corrected chi connectivity index (χ3v) is 3.27. The predicted octanol–water partition coefficient (Wildman–Crippen LogP) is 2.13. The fraction of sp³-hybridized carbons (Fsp3) is 0.143. The van der Waals surface area contributed by atoms with E-state index in [1.54, 1.807) is 10.9 Å². The molecule has 1 N–H and O–H groups in total. The molecule has 0 spiro atoms. The van der Waals surface area contributed by atoms with Crippen LogP contribution in [0.25, 0.3) is 16.9 Å². The fourth-order valence-corrected chi connectivity index (χ4v) is 2.00. The highest BCUT2D eigenvalue weighted by Crippen LogP contribution is 2.20. The molecular weight excluding hydrogens is 256 g/mol. The number of carboxylic acid groups (broad SMARTS) is 1. The second-order valence-corrected chi connectivity index (χ2v) is 4.60. The Morgan fingerprint density at radius 2 is 1.85 bits per heavy atom. The van der Waals surface area contributed by atoms with Crippen LogP contribution in [0.15, 0.2) is 30.9 Å². The molecule has 0 radical (unpaired) electrons. The molecule has 3 aromatic rings. The van der Waals surface area contributed by atoms with Crippen molar-refractivity contribution in [2.24, 2.45) is 0 Å². The molecule has 0 fully saturated rings. The van der Waals surface area contributed by atoms with Gasteiger partial charge in [0, 0.05) is 0 Å². The lowest BCUT2D eigenvalue weighted by atomic mass is 10.1. The molecule has 0 atom stereocenters. The maximum Gasteiger partial charge on any atom is 0.356 e. The van der Waals surface area contributed by atoms with E-state index in [1.165, 1.54) is 18.0 Å². The average molecular weight is 268 g/mol. The van der Waals surface area contributed by atoms with Crippen molar-refractivity contribution in [2.45, 2.75) is 13.8 Å². The van der Waals surface area contributed by atoms with Crippen molar-refractivity contribution in [2.75, 3.05) is 0 Å². The SMILES string of the molecule is Cc1cc2ncn(-c3cnc(C(=O)O)cn3)c2cc1C. The van der Waals surface area contributed by atoms with E-state index in [-0.39, 0.29) is 5.69 Å². The first kappa shape index (κ1) is 12.3. The number of benzene rings is 1. The maximum absolute atomic E-state index is 10.8. The molecule has 0 unspecified atom stereocenters. The Balaban J connectivity index is 2.14. The summed E-state index contributed by atoms with van der Waals surface area (Å²) in [5.74, 6) is -0.549. The van der Waals surface area contributed by atoms with Crippen LogP contribution in [0.4, 0.5) is 0 Å². The predicted molar refractivity (Wildman–Crippen MR) is 73.1 cm³/mol. The van der Waals surface area contributed by atoms with Crippen LogP contribution in [-0.2, 0) is 0 Å². The summed E-state index contributed by atoms with van der Waals surface area (Å²) in [6.07, 6.45) is 4.33. The smallest absolute Gasteiger partial charge is 0.356 e. The maximum atomic E-state index is 10.8. The number of hydrogen-bond donors (Lipinski definition) is 1. The highest BCUT2D eigenvalue weighted by molar-refractivity contribution is 5.85. The Morgan fingerprint density at radius 1 is 1.10 bits per heavy atom. The van der Waals surface area contributed by atoms with Crippen LogP contribution in [0.5, 0.6) is 0 Å². The molecule has 100 valence electrons. The number of rotatable bonds is 2. The largest absolute Gasteiger partial charge is 0.476 e. The van der Waals surface area contributed by atoms with Crippen LogP contribution in [0.2, 0.25) is 0 Å². The topological polar surface area (TPSA) is 80.9 Å². The van der Waals surface area contributed by atoms with Crippen molar-refractivity contribution in [3.8, 4) is 5.82 Å². The number of imidazole rings is 1. The first-order valence-corrected chi connectivity index (χ1v) is 6.06. The van der Waals surface area contributed by atoms with Gasteiger partial charge in [0.05, 0.1) is 23.4 Å². The van der Waals surface area contributed by atoms with Crippen molar-refractivity contribution < 1.29 is 9.90 Å². The lowest BCUT2D eigenvalue weighted by Gasteiger charge is -2.05. The van der Waals surface area contributed by atoms with Crippen molar-refractivity contribution in [1.29, 1.82) is 0 Å². The monoisotopic (exact) mass is 268 g/mol. The summed E-state index contributed by atoms with van der Waals surface area (Å²) in [6.45, 7) is 4.07. The van der Waals surface area contributed by atoms with Crippen molar-refractivity contribution >= 4 is 17.0 Å². The molecule has 6 heteroatoms. The summed E-state index contributed by atoms with van der Waals surface area (Å²) in [5, 5.41) is 8.82. The molecule has 0 aliphatic heterocycles. The molecule has 0 amide bonds. The van der Waals surface area contributed by atoms with Gasteiger partial charge in [0.15, 0.2) is 11.5 Å². The number of nitrogens with zero attached hydrogens (tertiary/aromatic N) is 4. The number of carbonyl (C=O) groups is 1. The first-order chi connectivity index (χ1) is 9.56. The van der Waals surface area contributed by atoms with Crippen LogP contribution in [0.1, 0.15) is 21.6 Å². The van der Waals surface area contributed by atoms with Crippen LogP contribution >= 0.6 is 0 Å². The van der Waals surface area contributed by atoms with Crippen LogP contribution in [0, 0.1) is 13.8 Å². The van der Waals surface area contributed by atoms with E-state index in [9.17, 15) is 4.79 Å². The highest BCUT2D eigenvalue weighted by atomic mass is 16.4. The zero-order chi connectivity index (χ0) is 14.3. The number of aromatic carboxylic acids is 1. The minimum Gasteiger partial charge on any atom is -0.476 e. The minimum atomic E-state index is -1.09. The summed E-state index contributed by atoms with van der Waals surface area (Å²) >= 11 is 0. The van der Waals surface area contributed by atoms with E-state index in [0.29, 0.717) is 5.82 Å². The molecule has 0 aliphatic carbocycles. The molecule has 2 heterocycles. The van der Waals surface area contributed by atoms with Crippen LogP contribution in [-0.4, -0.2) is 30.6 Å². The zero-order valence-electron chi connectivity index (χ0n) is 11.0. The van der Waals surface area contributed by atoms with Crippen molar-refractivity contribution in [3.63, 3.8) is 0 Å². The fourth-order valence-electron chi connectivity index (χ4n) is 2.00. The molecule has 6 nitrogen and oxygen atoms in total. The average Bonchev–Trinajstić information content (AvgIpc) is 2.82. The number of aromatic nitrogens is 4. The Bertz CT molecular complexity index is 806. The molecular formula is C14H12N4O2. The summed E-state index contributed by atoms with van der Waals surface area (Å²) in [5.41, 5.74) is 4.05. The van der Waals surface area contributed by atoms with Gasteiger partial charge in [-0.05, 0) is 37.1 Å². The molecule has 20 heavy (non-hydrogen) atoms. The number of aryl methyl sites for hydroxylation is 2. The third kappa shape index (κ3) is 1.91. The summed E-state index contributed by atoms with van der Waals surface area (Å²) in [6, 6.07) is 4.05. The van der Waals surface area contributed by atoms with Gasteiger partial charge < -0.3 is 5.11 Å². The molecule has 1 aromatic carbocycles. The minimum absolute atomic E-state index is 0.0785. The van der Waals surface area contributed by atoms with E-state index < -0.39 is 5.97 Å². The number of carboxylic acids is 1. The lowest BCUT2D eigenvalue weighted by molar-refractivity contribution is 0.0690. The van der Waals surface area contributed by atoms with Crippen LogP contribution in [0.3, 0.4) is 0 Å². The Morgan fingerprint density at radius 3 is 2.50 bits per heavy atom. The Hall–Kier alpha value is -2.76. The molecule has 0 saturated heterocycles. The van der Waals surface area contributed by atoms with Gasteiger partial charge in [-0.1, -0.05) is 0 Å². The van der Waals surface area contributed by atoms with Gasteiger partial charge in [0.1, 0.15) is 6.33 Å². The van der Waals surface area contributed by atoms with Crippen molar-refractivity contribution in [1.82, 2.24) is 19.5 Å². The van der Waals surface area contributed by atoms with E-state index in [0.717, 1.165) is 16.6 Å². The standard InChI is InChI=1S/C14H12N4O2/c1-8-3-10-12(4-9(8)2)18(7-17-10)13-6-15-11(5-16-13)14(19)20/h3-7H,1-2H3,(H,19,20). The van der Waals surface area contributed by atoms with E-state index in [2.05, 4.69) is 15.0 Å². The quantitative estimate of drug-likeness (QED) is 0.770. The van der Waals surface area contributed by atoms with Gasteiger partial charge in [0.2, 0.25) is 0 Å². The van der Waals surface area contributed by atoms with Crippen LogP contribution < -0.4 is 0 Å². The molecule has 2 aromatic heterocycles.